The summed E-state index contributed by atoms with van der Waals surface area (Å²) in [6, 6.07) is 30.0. The van der Waals surface area contributed by atoms with Gasteiger partial charge in [0.25, 0.3) is 5.91 Å². The average molecular weight is 862 g/mol. The Labute approximate surface area is 371 Å². The van der Waals surface area contributed by atoms with E-state index in [1.807, 2.05) is 50.2 Å². The first-order valence-corrected chi connectivity index (χ1v) is 21.5. The molecular weight excluding hydrogens is 811 g/mol. The molecule has 4 N–H and O–H groups in total. The highest BCUT2D eigenvalue weighted by molar-refractivity contribution is 5.91. The lowest BCUT2D eigenvalue weighted by Crippen LogP contribution is -2.54. The van der Waals surface area contributed by atoms with Crippen molar-refractivity contribution in [1.29, 1.82) is 5.26 Å². The first-order chi connectivity index (χ1) is 31.0. The zero-order valence-electron chi connectivity index (χ0n) is 36.2. The van der Waals surface area contributed by atoms with Crippen molar-refractivity contribution in [3.63, 3.8) is 0 Å². The predicted octanol–water partition coefficient (Wildman–Crippen LogP) is 8.23. The maximum atomic E-state index is 13.9. The molecule has 2 aliphatic heterocycles. The Morgan fingerprint density at radius 3 is 1.92 bits per heavy atom. The lowest BCUT2D eigenvalue weighted by atomic mass is 9.91. The number of methoxy groups -OCH3 is 2. The number of nitrogens with one attached hydrogen (secondary N) is 4. The van der Waals surface area contributed by atoms with Gasteiger partial charge in [0.1, 0.15) is 23.7 Å². The first-order valence-electron chi connectivity index (χ1n) is 21.5. The lowest BCUT2D eigenvalue weighted by Gasteiger charge is -2.39. The summed E-state index contributed by atoms with van der Waals surface area (Å²) in [7, 11) is 2.54. The van der Waals surface area contributed by atoms with E-state index in [-0.39, 0.29) is 42.3 Å². The third-order valence-corrected chi connectivity index (χ3v) is 12.3. The van der Waals surface area contributed by atoms with E-state index >= 15 is 0 Å². The molecule has 8 rings (SSSR count). The zero-order valence-corrected chi connectivity index (χ0v) is 36.2. The normalized spacial score (nSPS) is 18.3. The second-order valence-corrected chi connectivity index (χ2v) is 16.7. The smallest absolute Gasteiger partial charge is 0.407 e. The Morgan fingerprint density at radius 1 is 0.703 bits per heavy atom. The maximum absolute atomic E-state index is 13.9. The number of hydrogen-bond donors (Lipinski definition) is 4. The minimum Gasteiger partial charge on any atom is -0.453 e. The Balaban J connectivity index is 0.956. The number of H-pyrrole nitrogens is 2. The van der Waals surface area contributed by atoms with Crippen LogP contribution in [0.4, 0.5) is 9.59 Å². The van der Waals surface area contributed by atoms with Crippen LogP contribution in [0.15, 0.2) is 103 Å². The van der Waals surface area contributed by atoms with Crippen molar-refractivity contribution in [3.05, 3.63) is 121 Å². The van der Waals surface area contributed by atoms with E-state index in [9.17, 15) is 24.4 Å². The number of rotatable bonds is 11. The van der Waals surface area contributed by atoms with Crippen LogP contribution >= 0.6 is 0 Å². The topological polar surface area (TPSA) is 198 Å². The van der Waals surface area contributed by atoms with Crippen molar-refractivity contribution in [2.45, 2.75) is 63.7 Å². The molecule has 0 radical (unpaired) electrons. The van der Waals surface area contributed by atoms with Crippen LogP contribution in [0.5, 0.6) is 0 Å². The fourth-order valence-electron chi connectivity index (χ4n) is 8.81. The van der Waals surface area contributed by atoms with Crippen LogP contribution in [-0.4, -0.2) is 87.1 Å². The van der Waals surface area contributed by atoms with Gasteiger partial charge in [0.15, 0.2) is 0 Å². The van der Waals surface area contributed by atoms with Gasteiger partial charge < -0.3 is 39.9 Å². The number of imidazole rings is 2. The number of benzene rings is 4. The molecule has 1 unspecified atom stereocenters. The van der Waals surface area contributed by atoms with E-state index in [1.165, 1.54) is 14.2 Å². The molecule has 2 aliphatic rings. The summed E-state index contributed by atoms with van der Waals surface area (Å²) < 4.78 is 9.62. The van der Waals surface area contributed by atoms with E-state index < -0.39 is 24.3 Å². The summed E-state index contributed by atoms with van der Waals surface area (Å²) in [5.74, 6) is 0.306. The molecule has 2 saturated heterocycles. The van der Waals surface area contributed by atoms with Crippen molar-refractivity contribution in [1.82, 2.24) is 40.4 Å². The molecule has 4 aromatic carbocycles. The van der Waals surface area contributed by atoms with E-state index in [4.69, 9.17) is 19.4 Å². The molecule has 2 aromatic heterocycles. The van der Waals surface area contributed by atoms with Gasteiger partial charge in [-0.1, -0.05) is 92.7 Å². The van der Waals surface area contributed by atoms with Gasteiger partial charge in [-0.15, -0.1) is 0 Å². The molecule has 0 spiro atoms. The number of aromatic nitrogens is 4. The minimum atomic E-state index is -0.889. The minimum absolute atomic E-state index is 0.204. The highest BCUT2D eigenvalue weighted by Crippen LogP contribution is 2.37. The number of aromatic amines is 2. The van der Waals surface area contributed by atoms with Crippen molar-refractivity contribution in [3.8, 4) is 39.7 Å². The summed E-state index contributed by atoms with van der Waals surface area (Å²) in [5, 5.41) is 17.2. The number of hydrogen-bond acceptors (Lipinski definition) is 9. The molecule has 0 bridgehead atoms. The van der Waals surface area contributed by atoms with Gasteiger partial charge in [0.2, 0.25) is 5.91 Å². The summed E-state index contributed by atoms with van der Waals surface area (Å²) in [5.41, 5.74) is 6.34. The van der Waals surface area contributed by atoms with Crippen molar-refractivity contribution >= 4 is 34.8 Å². The van der Waals surface area contributed by atoms with Gasteiger partial charge in [0, 0.05) is 18.7 Å². The zero-order chi connectivity index (χ0) is 44.9. The SMILES string of the molecule is COC(=O)NC(C(=O)N1C[C@H](C#N)CC[C@H]1c1ncc(-c2ccc3cc(-c4ccc(-c5cnc([C@@H]6CCCN6C(=O)[C@H](NC(=O)OC)c6ccccc6)[nH]5)cc4)ccc3c2)[nH]1)C(C)C. The second kappa shape index (κ2) is 18.9. The fourth-order valence-corrected chi connectivity index (χ4v) is 8.81. The molecule has 4 heterocycles. The molecular formula is C49H51N9O6. The van der Waals surface area contributed by atoms with Gasteiger partial charge in [-0.05, 0) is 76.8 Å². The maximum Gasteiger partial charge on any atom is 0.407 e. The second-order valence-electron chi connectivity index (χ2n) is 16.7. The van der Waals surface area contributed by atoms with Gasteiger partial charge in [-0.2, -0.15) is 5.26 Å². The van der Waals surface area contributed by atoms with Crippen LogP contribution in [-0.2, 0) is 19.1 Å². The third-order valence-electron chi connectivity index (χ3n) is 12.3. The molecule has 15 heteroatoms. The Hall–Kier alpha value is -7.47. The number of nitriles is 1. The number of nitrogens with zero attached hydrogens (tertiary/aromatic N) is 5. The number of piperidine rings is 1. The average Bonchev–Trinajstić information content (AvgIpc) is 4.14. The molecule has 64 heavy (non-hydrogen) atoms. The van der Waals surface area contributed by atoms with Crippen LogP contribution in [0.3, 0.4) is 0 Å². The molecule has 0 aliphatic carbocycles. The third kappa shape index (κ3) is 9.03. The van der Waals surface area contributed by atoms with Crippen molar-refractivity contribution < 1.29 is 28.7 Å². The highest BCUT2D eigenvalue weighted by atomic mass is 16.5. The largest absolute Gasteiger partial charge is 0.453 e. The quantitative estimate of drug-likeness (QED) is 0.0991. The fraction of sp³-hybridized carbons (Fsp3) is 0.327. The van der Waals surface area contributed by atoms with Gasteiger partial charge in [0.05, 0.1) is 62.1 Å². The number of fused-ring (bicyclic) bond motifs is 1. The monoisotopic (exact) mass is 861 g/mol. The standard InChI is InChI=1S/C49H51N9O6/c1-29(2)42(55-48(61)63-3)46(59)58-28-30(25-50)12-21-41(58)45-52-27-39(54-45)37-20-19-35-23-34(17-18-36(35)24-37)31-13-15-32(16-14-31)38-26-51-44(53-38)40-11-8-22-57(40)47(60)43(56-49(62)64-4)33-9-6-5-7-10-33/h5-7,9-10,13-20,23-24,26-27,29-30,40-43H,8,11-12,21-22,28H2,1-4H3,(H,51,53)(H,52,54)(H,55,61)(H,56,62)/t30-,40-,41-,42?,43+/m0/s1. The summed E-state index contributed by atoms with van der Waals surface area (Å²) in [6.07, 6.45) is 4.95. The van der Waals surface area contributed by atoms with Crippen LogP contribution in [0, 0.1) is 23.2 Å². The molecule has 4 amide bonds. The van der Waals surface area contributed by atoms with Crippen LogP contribution in [0.2, 0.25) is 0 Å². The number of likely N-dealkylation sites (tertiary alicyclic amines) is 2. The predicted molar refractivity (Wildman–Crippen MR) is 240 cm³/mol. The van der Waals surface area contributed by atoms with E-state index in [2.05, 4.69) is 81.3 Å². The van der Waals surface area contributed by atoms with Gasteiger partial charge in [-0.3, -0.25) is 9.59 Å². The van der Waals surface area contributed by atoms with Gasteiger partial charge in [-0.25, -0.2) is 19.6 Å². The lowest BCUT2D eigenvalue weighted by molar-refractivity contribution is -0.139. The van der Waals surface area contributed by atoms with E-state index in [1.54, 1.807) is 22.2 Å². The van der Waals surface area contributed by atoms with E-state index in [0.29, 0.717) is 36.6 Å². The number of carbonyl (C=O) groups is 4. The Bertz CT molecular complexity index is 2690. The molecule has 328 valence electrons. The molecule has 0 saturated carbocycles. The number of carbonyl (C=O) groups excluding carboxylic acids is 4. The summed E-state index contributed by atoms with van der Waals surface area (Å²) in [4.78, 5) is 72.0. The summed E-state index contributed by atoms with van der Waals surface area (Å²) >= 11 is 0. The molecule has 15 nitrogen and oxygen atoms in total. The number of amides is 4. The Morgan fingerprint density at radius 2 is 1.28 bits per heavy atom. The van der Waals surface area contributed by atoms with Gasteiger partial charge >= 0.3 is 12.2 Å². The van der Waals surface area contributed by atoms with Crippen molar-refractivity contribution in [2.75, 3.05) is 27.3 Å². The number of ether oxygens (including phenoxy) is 2. The van der Waals surface area contributed by atoms with Crippen molar-refractivity contribution in [2.24, 2.45) is 11.8 Å². The first kappa shape index (κ1) is 43.2. The number of alkyl carbamates (subject to hydrolysis) is 2. The Kier molecular flexibility index (Phi) is 12.7. The van der Waals surface area contributed by atoms with E-state index in [0.717, 1.165) is 57.3 Å². The van der Waals surface area contributed by atoms with Crippen LogP contribution in [0.25, 0.3) is 44.4 Å². The molecule has 2 fully saturated rings. The van der Waals surface area contributed by atoms with Crippen LogP contribution < -0.4 is 10.6 Å². The van der Waals surface area contributed by atoms with Crippen LogP contribution in [0.1, 0.15) is 74.9 Å². The highest BCUT2D eigenvalue weighted by Gasteiger charge is 2.40. The molecule has 5 atom stereocenters. The summed E-state index contributed by atoms with van der Waals surface area (Å²) in [6.45, 7) is 4.50. The molecule has 6 aromatic rings.